The smallest absolute Gasteiger partial charge is 0.322 e. The van der Waals surface area contributed by atoms with Crippen molar-refractivity contribution in [1.29, 1.82) is 0 Å². The van der Waals surface area contributed by atoms with Gasteiger partial charge >= 0.3 is 5.97 Å². The average molecular weight is 355 g/mol. The third-order valence-corrected chi connectivity index (χ3v) is 4.34. The van der Waals surface area contributed by atoms with Crippen molar-refractivity contribution >= 4 is 34.4 Å². The van der Waals surface area contributed by atoms with Crippen molar-refractivity contribution in [3.8, 4) is 5.75 Å². The number of hydrogen-bond donors (Lipinski definition) is 3. The highest BCUT2D eigenvalue weighted by molar-refractivity contribution is 7.99. The fourth-order valence-electron chi connectivity index (χ4n) is 2.19. The van der Waals surface area contributed by atoms with Crippen LogP contribution in [0.15, 0.2) is 58.7 Å². The van der Waals surface area contributed by atoms with Gasteiger partial charge in [0.15, 0.2) is 11.4 Å². The first-order chi connectivity index (χ1) is 12.0. The van der Waals surface area contributed by atoms with Crippen LogP contribution in [0.5, 0.6) is 5.75 Å². The van der Waals surface area contributed by atoms with Crippen LogP contribution in [0.4, 0.5) is 0 Å². The van der Waals surface area contributed by atoms with Gasteiger partial charge in [-0.2, -0.15) is 0 Å². The highest BCUT2D eigenvalue weighted by atomic mass is 32.2. The summed E-state index contributed by atoms with van der Waals surface area (Å²) in [5.74, 6) is -2.20. The summed E-state index contributed by atoms with van der Waals surface area (Å²) in [6.45, 7) is -0.546. The minimum absolute atomic E-state index is 0.209. The maximum absolute atomic E-state index is 12.0. The zero-order valence-corrected chi connectivity index (χ0v) is 13.7. The lowest BCUT2D eigenvalue weighted by molar-refractivity contribution is -0.135. The van der Waals surface area contributed by atoms with E-state index in [0.29, 0.717) is 10.8 Å². The monoisotopic (exact) mass is 355 g/mol. The van der Waals surface area contributed by atoms with Gasteiger partial charge < -0.3 is 15.5 Å². The Kier molecular flexibility index (Phi) is 4.80. The van der Waals surface area contributed by atoms with E-state index in [1.807, 2.05) is 18.2 Å². The number of hydrogen-bond acceptors (Lipinski definition) is 6. The minimum Gasteiger partial charge on any atom is -0.505 e. The lowest BCUT2D eigenvalue weighted by Crippen LogP contribution is -2.29. The zero-order chi connectivity index (χ0) is 17.8. The number of aromatic hydroxyl groups is 1. The van der Waals surface area contributed by atoms with E-state index in [-0.39, 0.29) is 11.4 Å². The van der Waals surface area contributed by atoms with E-state index < -0.39 is 18.4 Å². The van der Waals surface area contributed by atoms with E-state index in [9.17, 15) is 14.7 Å². The second kappa shape index (κ2) is 7.18. The molecule has 0 aliphatic heterocycles. The van der Waals surface area contributed by atoms with Crippen LogP contribution >= 0.6 is 11.8 Å². The van der Waals surface area contributed by atoms with Gasteiger partial charge in [0.25, 0.3) is 5.91 Å². The molecule has 126 valence electrons. The Balaban J connectivity index is 1.93. The van der Waals surface area contributed by atoms with E-state index >= 15 is 0 Å². The van der Waals surface area contributed by atoms with Gasteiger partial charge in [-0.15, -0.1) is 0 Å². The summed E-state index contributed by atoms with van der Waals surface area (Å²) in [5, 5.41) is 22.3. The molecule has 1 aromatic carbocycles. The van der Waals surface area contributed by atoms with Crippen LogP contribution in [0.25, 0.3) is 10.8 Å². The predicted molar refractivity (Wildman–Crippen MR) is 91.7 cm³/mol. The number of carbonyl (C=O) groups excluding carboxylic acids is 1. The number of pyridine rings is 2. The van der Waals surface area contributed by atoms with E-state index in [0.717, 1.165) is 9.79 Å². The standard InChI is InChI=1S/C17H13N3O4S/c21-14(22)9-20-17(24)15-16(23)13-7-12(2-1-10(13)8-19-15)25-11-3-5-18-6-4-11/h1-8,23H,9H2,(H,20,24)(H,21,22). The Labute approximate surface area is 146 Å². The summed E-state index contributed by atoms with van der Waals surface area (Å²) in [5.41, 5.74) is -0.209. The third-order valence-electron chi connectivity index (χ3n) is 3.34. The van der Waals surface area contributed by atoms with Crippen molar-refractivity contribution in [2.45, 2.75) is 9.79 Å². The number of aliphatic carboxylic acids is 1. The summed E-state index contributed by atoms with van der Waals surface area (Å²) >= 11 is 1.49. The lowest BCUT2D eigenvalue weighted by Gasteiger charge is -2.09. The van der Waals surface area contributed by atoms with Crippen molar-refractivity contribution in [2.75, 3.05) is 6.54 Å². The van der Waals surface area contributed by atoms with Gasteiger partial charge in [-0.05, 0) is 24.3 Å². The zero-order valence-electron chi connectivity index (χ0n) is 12.8. The lowest BCUT2D eigenvalue weighted by atomic mass is 10.1. The van der Waals surface area contributed by atoms with E-state index in [2.05, 4.69) is 15.3 Å². The fraction of sp³-hybridized carbons (Fsp3) is 0.0588. The normalized spacial score (nSPS) is 10.6. The molecular formula is C17H13N3O4S. The van der Waals surface area contributed by atoms with Crippen LogP contribution in [0.3, 0.4) is 0 Å². The van der Waals surface area contributed by atoms with Gasteiger partial charge in [-0.25, -0.2) is 4.98 Å². The molecule has 7 nitrogen and oxygen atoms in total. The summed E-state index contributed by atoms with van der Waals surface area (Å²) < 4.78 is 0. The maximum Gasteiger partial charge on any atom is 0.322 e. The van der Waals surface area contributed by atoms with E-state index in [1.54, 1.807) is 24.5 Å². The van der Waals surface area contributed by atoms with Gasteiger partial charge in [-0.1, -0.05) is 17.8 Å². The number of benzene rings is 1. The molecule has 1 amide bonds. The Morgan fingerprint density at radius 1 is 1.12 bits per heavy atom. The SMILES string of the molecule is O=C(O)CNC(=O)c1ncc2ccc(Sc3ccncc3)cc2c1O. The molecule has 2 heterocycles. The number of nitrogens with zero attached hydrogens (tertiary/aromatic N) is 2. The van der Waals surface area contributed by atoms with Gasteiger partial charge in [0, 0.05) is 39.2 Å². The molecule has 0 spiro atoms. The van der Waals surface area contributed by atoms with Crippen molar-refractivity contribution in [3.05, 3.63) is 54.6 Å². The number of rotatable bonds is 5. The quantitative estimate of drug-likeness (QED) is 0.644. The number of nitrogens with one attached hydrogen (secondary N) is 1. The second-order valence-electron chi connectivity index (χ2n) is 5.07. The van der Waals surface area contributed by atoms with Crippen molar-refractivity contribution in [3.63, 3.8) is 0 Å². The van der Waals surface area contributed by atoms with Crippen molar-refractivity contribution < 1.29 is 19.8 Å². The molecule has 0 aliphatic rings. The number of carboxylic acid groups (broad SMARTS) is 1. The molecule has 8 heteroatoms. The van der Waals surface area contributed by atoms with Gasteiger partial charge in [0.2, 0.25) is 0 Å². The van der Waals surface area contributed by atoms with Crippen LogP contribution in [0.2, 0.25) is 0 Å². The molecule has 3 N–H and O–H groups in total. The van der Waals surface area contributed by atoms with E-state index in [1.165, 1.54) is 18.0 Å². The molecule has 25 heavy (non-hydrogen) atoms. The number of aromatic nitrogens is 2. The number of carbonyl (C=O) groups is 2. The molecule has 3 aromatic rings. The largest absolute Gasteiger partial charge is 0.505 e. The second-order valence-corrected chi connectivity index (χ2v) is 6.21. The summed E-state index contributed by atoms with van der Waals surface area (Å²) in [6, 6.07) is 9.17. The van der Waals surface area contributed by atoms with Gasteiger partial charge in [-0.3, -0.25) is 14.6 Å². The van der Waals surface area contributed by atoms with Gasteiger partial charge in [0.05, 0.1) is 0 Å². The topological polar surface area (TPSA) is 112 Å². The molecule has 2 aromatic heterocycles. The summed E-state index contributed by atoms with van der Waals surface area (Å²) in [4.78, 5) is 32.3. The highest BCUT2D eigenvalue weighted by Crippen LogP contribution is 2.33. The first-order valence-corrected chi connectivity index (χ1v) is 8.06. The van der Waals surface area contributed by atoms with Crippen LogP contribution in [0, 0.1) is 0 Å². The first-order valence-electron chi connectivity index (χ1n) is 7.24. The molecule has 0 radical (unpaired) electrons. The molecule has 0 saturated heterocycles. The molecule has 0 atom stereocenters. The van der Waals surface area contributed by atoms with Crippen molar-refractivity contribution in [2.24, 2.45) is 0 Å². The Morgan fingerprint density at radius 2 is 1.88 bits per heavy atom. The Hall–Kier alpha value is -3.13. The highest BCUT2D eigenvalue weighted by Gasteiger charge is 2.16. The predicted octanol–water partition coefficient (Wildman–Crippen LogP) is 2.30. The molecule has 0 saturated carbocycles. The molecule has 0 fully saturated rings. The van der Waals surface area contributed by atoms with Gasteiger partial charge in [0.1, 0.15) is 6.54 Å². The number of amides is 1. The van der Waals surface area contributed by atoms with Crippen LogP contribution in [0.1, 0.15) is 10.5 Å². The first kappa shape index (κ1) is 16.7. The molecule has 0 unspecified atom stereocenters. The Morgan fingerprint density at radius 3 is 2.60 bits per heavy atom. The maximum atomic E-state index is 12.0. The fourth-order valence-corrected chi connectivity index (χ4v) is 3.03. The molecule has 0 bridgehead atoms. The Bertz CT molecular complexity index is 947. The van der Waals surface area contributed by atoms with Crippen molar-refractivity contribution in [1.82, 2.24) is 15.3 Å². The van der Waals surface area contributed by atoms with Crippen LogP contribution < -0.4 is 5.32 Å². The summed E-state index contributed by atoms with van der Waals surface area (Å²) in [7, 11) is 0. The molecular weight excluding hydrogens is 342 g/mol. The third kappa shape index (κ3) is 3.86. The minimum atomic E-state index is -1.18. The molecule has 3 rings (SSSR count). The van der Waals surface area contributed by atoms with E-state index in [4.69, 9.17) is 5.11 Å². The number of fused-ring (bicyclic) bond motifs is 1. The van der Waals surface area contributed by atoms with Crippen LogP contribution in [-0.4, -0.2) is 38.6 Å². The molecule has 0 aliphatic carbocycles. The summed E-state index contributed by atoms with van der Waals surface area (Å²) in [6.07, 6.45) is 4.84. The average Bonchev–Trinajstić information content (AvgIpc) is 2.61. The van der Waals surface area contributed by atoms with Crippen LogP contribution in [-0.2, 0) is 4.79 Å². The number of carboxylic acids is 1.